The Bertz CT molecular complexity index is 2810. The van der Waals surface area contributed by atoms with E-state index in [0.29, 0.717) is 0 Å². The Morgan fingerprint density at radius 1 is 0.288 bits per heavy atom. The van der Waals surface area contributed by atoms with E-state index in [-0.39, 0.29) is 0 Å². The predicted octanol–water partition coefficient (Wildman–Crippen LogP) is 12.8. The fourth-order valence-electron chi connectivity index (χ4n) is 7.66. The van der Waals surface area contributed by atoms with Crippen LogP contribution in [0.4, 0.5) is 0 Å². The highest BCUT2D eigenvalue weighted by atomic mass is 14.8. The molecule has 3 heteroatoms. The minimum atomic E-state index is 0.817. The van der Waals surface area contributed by atoms with Gasteiger partial charge in [0.15, 0.2) is 0 Å². The zero-order valence-corrected chi connectivity index (χ0v) is 28.2. The molecule has 3 nitrogen and oxygen atoms in total. The molecule has 0 aliphatic heterocycles. The van der Waals surface area contributed by atoms with Crippen LogP contribution in [-0.2, 0) is 0 Å². The van der Waals surface area contributed by atoms with Crippen molar-refractivity contribution in [3.63, 3.8) is 0 Å². The monoisotopic (exact) mass is 661 g/mol. The third kappa shape index (κ3) is 5.19. The number of hydrogen-bond acceptors (Lipinski definition) is 3. The van der Waals surface area contributed by atoms with E-state index in [0.717, 1.165) is 39.5 Å². The van der Waals surface area contributed by atoms with Gasteiger partial charge in [-0.15, -0.1) is 0 Å². The molecule has 0 radical (unpaired) electrons. The molecular weight excluding hydrogens is 631 g/mol. The third-order valence-corrected chi connectivity index (χ3v) is 10.1. The summed E-state index contributed by atoms with van der Waals surface area (Å²) in [5, 5.41) is 7.82. The van der Waals surface area contributed by atoms with Gasteiger partial charge >= 0.3 is 0 Å². The normalized spacial score (nSPS) is 11.5. The summed E-state index contributed by atoms with van der Waals surface area (Å²) in [6.07, 6.45) is 3.61. The van der Waals surface area contributed by atoms with E-state index >= 15 is 0 Å². The molecule has 10 aromatic rings. The highest BCUT2D eigenvalue weighted by Gasteiger charge is 2.15. The number of benzene rings is 7. The zero-order chi connectivity index (χ0) is 34.4. The lowest BCUT2D eigenvalue weighted by Gasteiger charge is -2.16. The summed E-state index contributed by atoms with van der Waals surface area (Å²) in [6, 6.07) is 62.8. The van der Waals surface area contributed by atoms with Gasteiger partial charge in [-0.1, -0.05) is 133 Å². The lowest BCUT2D eigenvalue weighted by molar-refractivity contribution is 1.22. The first kappa shape index (κ1) is 29.9. The molecule has 0 aliphatic carbocycles. The van der Waals surface area contributed by atoms with Crippen LogP contribution in [-0.4, -0.2) is 15.0 Å². The standard InChI is InChI=1S/C49H31N3/c1-2-14-41(37-11-8-12-38(29-37)42-25-23-36-22-21-34-9-7-10-35-24-26-43(42)49(36)48(34)35)40(13-1)33-19-17-32(18-20-33)39-30-46(44-15-3-5-27-50-44)52-47(31-39)45-16-4-6-28-51-45/h1-31H. The van der Waals surface area contributed by atoms with E-state index in [4.69, 9.17) is 4.98 Å². The average Bonchev–Trinajstić information content (AvgIpc) is 3.23. The van der Waals surface area contributed by atoms with Gasteiger partial charge in [-0.2, -0.15) is 0 Å². The Kier molecular flexibility index (Phi) is 7.14. The Morgan fingerprint density at radius 3 is 1.48 bits per heavy atom. The maximum Gasteiger partial charge on any atom is 0.0900 e. The number of rotatable bonds is 6. The van der Waals surface area contributed by atoms with Crippen LogP contribution >= 0.6 is 0 Å². The van der Waals surface area contributed by atoms with Crippen LogP contribution < -0.4 is 0 Å². The Hall–Kier alpha value is -6.97. The number of hydrogen-bond donors (Lipinski definition) is 0. The molecule has 0 saturated heterocycles. The maximum atomic E-state index is 4.95. The summed E-state index contributed by atoms with van der Waals surface area (Å²) in [4.78, 5) is 14.1. The Morgan fingerprint density at radius 2 is 0.827 bits per heavy atom. The van der Waals surface area contributed by atoms with Gasteiger partial charge in [0.25, 0.3) is 0 Å². The summed E-state index contributed by atoms with van der Waals surface area (Å²) < 4.78 is 0. The summed E-state index contributed by atoms with van der Waals surface area (Å²) in [5.74, 6) is 0. The first-order chi connectivity index (χ1) is 25.8. The van der Waals surface area contributed by atoms with E-state index in [9.17, 15) is 0 Å². The van der Waals surface area contributed by atoms with Gasteiger partial charge in [0, 0.05) is 12.4 Å². The van der Waals surface area contributed by atoms with Crippen molar-refractivity contribution in [3.8, 4) is 67.3 Å². The molecular formula is C49H31N3. The molecule has 0 unspecified atom stereocenters. The van der Waals surface area contributed by atoms with Crippen LogP contribution in [0, 0.1) is 0 Å². The van der Waals surface area contributed by atoms with Crippen LogP contribution in [0.1, 0.15) is 0 Å². The first-order valence-corrected chi connectivity index (χ1v) is 17.6. The molecule has 10 rings (SSSR count). The SMILES string of the molecule is c1ccc(-c2cc(-c3ccc(-c4ccccc4-c4cccc(-c5ccc6ccc7cccc8ccc5c6c78)c4)cc3)cc(-c3ccccn3)n2)nc1. The lowest BCUT2D eigenvalue weighted by Crippen LogP contribution is -1.94. The second-order valence-corrected chi connectivity index (χ2v) is 13.2. The van der Waals surface area contributed by atoms with Crippen molar-refractivity contribution in [1.29, 1.82) is 0 Å². The summed E-state index contributed by atoms with van der Waals surface area (Å²) in [7, 11) is 0. The zero-order valence-electron chi connectivity index (χ0n) is 28.2. The summed E-state index contributed by atoms with van der Waals surface area (Å²) in [5.41, 5.74) is 12.7. The molecule has 242 valence electrons. The van der Waals surface area contributed by atoms with Crippen molar-refractivity contribution in [2.75, 3.05) is 0 Å². The molecule has 0 atom stereocenters. The fourth-order valence-corrected chi connectivity index (χ4v) is 7.66. The van der Waals surface area contributed by atoms with Gasteiger partial charge in [-0.3, -0.25) is 9.97 Å². The van der Waals surface area contributed by atoms with Gasteiger partial charge in [0.1, 0.15) is 0 Å². The van der Waals surface area contributed by atoms with Crippen molar-refractivity contribution in [2.45, 2.75) is 0 Å². The molecule has 0 fully saturated rings. The number of nitrogens with zero attached hydrogens (tertiary/aromatic N) is 3. The second kappa shape index (κ2) is 12.4. The minimum absolute atomic E-state index is 0.817. The van der Waals surface area contributed by atoms with Crippen LogP contribution in [0.25, 0.3) is 99.6 Å². The smallest absolute Gasteiger partial charge is 0.0900 e. The quantitative estimate of drug-likeness (QED) is 0.166. The van der Waals surface area contributed by atoms with Gasteiger partial charge in [-0.25, -0.2) is 4.98 Å². The number of pyridine rings is 3. The van der Waals surface area contributed by atoms with E-state index in [1.807, 2.05) is 36.4 Å². The van der Waals surface area contributed by atoms with Crippen molar-refractivity contribution in [3.05, 3.63) is 188 Å². The van der Waals surface area contributed by atoms with Crippen molar-refractivity contribution in [1.82, 2.24) is 15.0 Å². The van der Waals surface area contributed by atoms with E-state index in [1.165, 1.54) is 60.1 Å². The molecule has 0 bridgehead atoms. The van der Waals surface area contributed by atoms with Crippen molar-refractivity contribution < 1.29 is 0 Å². The van der Waals surface area contributed by atoms with Gasteiger partial charge < -0.3 is 0 Å². The van der Waals surface area contributed by atoms with Gasteiger partial charge in [0.05, 0.1) is 22.8 Å². The molecule has 52 heavy (non-hydrogen) atoms. The molecule has 3 heterocycles. The van der Waals surface area contributed by atoms with Crippen LogP contribution in [0.15, 0.2) is 188 Å². The summed E-state index contributed by atoms with van der Waals surface area (Å²) >= 11 is 0. The van der Waals surface area contributed by atoms with Crippen LogP contribution in [0.5, 0.6) is 0 Å². The molecule has 0 saturated carbocycles. The largest absolute Gasteiger partial charge is 0.255 e. The van der Waals surface area contributed by atoms with E-state index < -0.39 is 0 Å². The van der Waals surface area contributed by atoms with Gasteiger partial charge in [0.2, 0.25) is 0 Å². The van der Waals surface area contributed by atoms with Crippen molar-refractivity contribution >= 4 is 32.3 Å². The van der Waals surface area contributed by atoms with Crippen LogP contribution in [0.3, 0.4) is 0 Å². The Balaban J connectivity index is 1.03. The minimum Gasteiger partial charge on any atom is -0.255 e. The maximum absolute atomic E-state index is 4.95. The van der Waals surface area contributed by atoms with Crippen molar-refractivity contribution in [2.24, 2.45) is 0 Å². The fraction of sp³-hybridized carbons (Fsp3) is 0. The molecule has 0 N–H and O–H groups in total. The molecule has 0 aliphatic rings. The molecule has 7 aromatic carbocycles. The topological polar surface area (TPSA) is 38.7 Å². The van der Waals surface area contributed by atoms with Gasteiger partial charge in [-0.05, 0) is 119 Å². The average molecular weight is 662 g/mol. The molecule has 3 aromatic heterocycles. The second-order valence-electron chi connectivity index (χ2n) is 13.2. The third-order valence-electron chi connectivity index (χ3n) is 10.1. The molecule has 0 amide bonds. The van der Waals surface area contributed by atoms with Crippen LogP contribution in [0.2, 0.25) is 0 Å². The Labute approximate surface area is 301 Å². The lowest BCUT2D eigenvalue weighted by atomic mass is 9.88. The highest BCUT2D eigenvalue weighted by Crippen LogP contribution is 2.41. The highest BCUT2D eigenvalue weighted by molar-refractivity contribution is 6.25. The van der Waals surface area contributed by atoms with E-state index in [2.05, 4.69) is 149 Å². The first-order valence-electron chi connectivity index (χ1n) is 17.6. The predicted molar refractivity (Wildman–Crippen MR) is 216 cm³/mol. The molecule has 0 spiro atoms. The number of aromatic nitrogens is 3. The van der Waals surface area contributed by atoms with E-state index in [1.54, 1.807) is 12.4 Å². The summed E-state index contributed by atoms with van der Waals surface area (Å²) in [6.45, 7) is 0.